The molecule has 9 atom stereocenters. The SMILES string of the molecule is CC[C@]1(O)CC[C@@]2(CC)[C@@H](CC([C@H](C)CCCC(C)(C)O)[C@H]3[C@@H]4CCC[C@]4(C)CC[C@@H]32)C1. The number of aliphatic hydroxyl groups is 2. The van der Waals surface area contributed by atoms with Crippen molar-refractivity contribution < 1.29 is 10.2 Å². The zero-order chi connectivity index (χ0) is 23.4. The van der Waals surface area contributed by atoms with E-state index in [9.17, 15) is 10.2 Å². The van der Waals surface area contributed by atoms with Crippen LogP contribution in [0, 0.1) is 46.3 Å². The fraction of sp³-hybridized carbons (Fsp3) is 1.00. The third-order valence-electron chi connectivity index (χ3n) is 11.9. The van der Waals surface area contributed by atoms with Crippen molar-refractivity contribution in [3.05, 3.63) is 0 Å². The van der Waals surface area contributed by atoms with Crippen LogP contribution < -0.4 is 0 Å². The molecule has 4 aliphatic carbocycles. The van der Waals surface area contributed by atoms with E-state index in [0.717, 1.165) is 61.7 Å². The molecule has 2 N–H and O–H groups in total. The summed E-state index contributed by atoms with van der Waals surface area (Å²) in [5, 5.41) is 21.6. The lowest BCUT2D eigenvalue weighted by Crippen LogP contribution is -2.59. The molecule has 32 heavy (non-hydrogen) atoms. The minimum absolute atomic E-state index is 0.415. The Morgan fingerprint density at radius 3 is 2.41 bits per heavy atom. The van der Waals surface area contributed by atoms with E-state index in [-0.39, 0.29) is 0 Å². The van der Waals surface area contributed by atoms with Crippen LogP contribution in [0.4, 0.5) is 0 Å². The van der Waals surface area contributed by atoms with Gasteiger partial charge in [-0.2, -0.15) is 0 Å². The first kappa shape index (κ1) is 25.0. The molecule has 0 aromatic heterocycles. The maximum absolute atomic E-state index is 11.3. The highest BCUT2D eigenvalue weighted by Crippen LogP contribution is 2.70. The Labute approximate surface area is 199 Å². The van der Waals surface area contributed by atoms with E-state index >= 15 is 0 Å². The highest BCUT2D eigenvalue weighted by molar-refractivity contribution is 5.12. The third kappa shape index (κ3) is 4.34. The molecule has 0 aliphatic heterocycles. The van der Waals surface area contributed by atoms with E-state index in [0.29, 0.717) is 16.7 Å². The molecule has 1 unspecified atom stereocenters. The minimum atomic E-state index is -0.540. The van der Waals surface area contributed by atoms with Gasteiger partial charge in [0.1, 0.15) is 0 Å². The van der Waals surface area contributed by atoms with E-state index in [1.54, 1.807) is 0 Å². The van der Waals surface area contributed by atoms with E-state index in [1.807, 2.05) is 13.8 Å². The quantitative estimate of drug-likeness (QED) is 0.419. The van der Waals surface area contributed by atoms with E-state index in [1.165, 1.54) is 57.8 Å². The van der Waals surface area contributed by atoms with Crippen LogP contribution in [0.5, 0.6) is 0 Å². The summed E-state index contributed by atoms with van der Waals surface area (Å²) in [6, 6.07) is 0. The molecule has 0 aromatic rings. The van der Waals surface area contributed by atoms with Gasteiger partial charge in [0, 0.05) is 0 Å². The van der Waals surface area contributed by atoms with Gasteiger partial charge in [-0.25, -0.2) is 0 Å². The van der Waals surface area contributed by atoms with Gasteiger partial charge in [-0.15, -0.1) is 0 Å². The van der Waals surface area contributed by atoms with Crippen molar-refractivity contribution in [1.29, 1.82) is 0 Å². The van der Waals surface area contributed by atoms with Gasteiger partial charge in [-0.3, -0.25) is 0 Å². The second kappa shape index (κ2) is 8.85. The van der Waals surface area contributed by atoms with Crippen molar-refractivity contribution >= 4 is 0 Å². The van der Waals surface area contributed by atoms with Crippen LogP contribution in [-0.2, 0) is 0 Å². The first-order valence-electron chi connectivity index (χ1n) is 14.4. The molecule has 4 rings (SSSR count). The standard InChI is InChI=1S/C30H54O2/c1-7-29(32)17-18-30(8-2)22(20-29)19-23(21(3)11-9-14-27(4,5)31)26-24-12-10-15-28(24,6)16-13-25(26)30/h21-26,31-32H,7-20H2,1-6H3/t21-,22+,23?,24+,25+,26+,28-,29+,30+/m1/s1. The second-order valence-corrected chi connectivity index (χ2v) is 14.0. The Balaban J connectivity index is 1.64. The molecule has 2 nitrogen and oxygen atoms in total. The van der Waals surface area contributed by atoms with E-state index in [2.05, 4.69) is 27.7 Å². The van der Waals surface area contributed by atoms with Crippen molar-refractivity contribution in [2.75, 3.05) is 0 Å². The van der Waals surface area contributed by atoms with Gasteiger partial charge >= 0.3 is 0 Å². The monoisotopic (exact) mass is 446 g/mol. The number of rotatable bonds is 7. The molecular formula is C30H54O2. The molecule has 186 valence electrons. The summed E-state index contributed by atoms with van der Waals surface area (Å²) in [4.78, 5) is 0. The predicted octanol–water partition coefficient (Wildman–Crippen LogP) is 7.75. The first-order chi connectivity index (χ1) is 15.0. The zero-order valence-electron chi connectivity index (χ0n) is 22.3. The summed E-state index contributed by atoms with van der Waals surface area (Å²) in [7, 11) is 0. The van der Waals surface area contributed by atoms with Crippen molar-refractivity contribution in [1.82, 2.24) is 0 Å². The Morgan fingerprint density at radius 1 is 1.00 bits per heavy atom. The van der Waals surface area contributed by atoms with Crippen LogP contribution in [-0.4, -0.2) is 21.4 Å². The summed E-state index contributed by atoms with van der Waals surface area (Å²) in [5.74, 6) is 4.97. The number of fused-ring (bicyclic) bond motifs is 5. The Morgan fingerprint density at radius 2 is 1.75 bits per heavy atom. The second-order valence-electron chi connectivity index (χ2n) is 14.0. The number of hydrogen-bond acceptors (Lipinski definition) is 2. The zero-order valence-corrected chi connectivity index (χ0v) is 22.3. The molecule has 0 bridgehead atoms. The molecule has 0 saturated heterocycles. The fourth-order valence-corrected chi connectivity index (χ4v) is 9.91. The van der Waals surface area contributed by atoms with Crippen LogP contribution in [0.25, 0.3) is 0 Å². The molecule has 4 aliphatic rings. The smallest absolute Gasteiger partial charge is 0.0648 e. The number of hydrogen-bond donors (Lipinski definition) is 2. The molecule has 0 spiro atoms. The topological polar surface area (TPSA) is 40.5 Å². The average Bonchev–Trinajstić information content (AvgIpc) is 3.13. The van der Waals surface area contributed by atoms with Gasteiger partial charge < -0.3 is 10.2 Å². The highest BCUT2D eigenvalue weighted by Gasteiger charge is 2.63. The van der Waals surface area contributed by atoms with E-state index < -0.39 is 11.2 Å². The summed E-state index contributed by atoms with van der Waals surface area (Å²) in [6.07, 6.45) is 17.5. The Hall–Kier alpha value is -0.0800. The van der Waals surface area contributed by atoms with Gasteiger partial charge in [0.15, 0.2) is 0 Å². The lowest BCUT2D eigenvalue weighted by atomic mass is 9.40. The van der Waals surface area contributed by atoms with Crippen LogP contribution in [0.15, 0.2) is 0 Å². The molecule has 4 saturated carbocycles. The summed E-state index contributed by atoms with van der Waals surface area (Å²) >= 11 is 0. The molecule has 0 amide bonds. The van der Waals surface area contributed by atoms with E-state index in [4.69, 9.17) is 0 Å². The molecule has 0 aromatic carbocycles. The third-order valence-corrected chi connectivity index (χ3v) is 11.9. The van der Waals surface area contributed by atoms with Gasteiger partial charge in [-0.1, -0.05) is 47.0 Å². The van der Waals surface area contributed by atoms with Crippen LogP contribution in [0.1, 0.15) is 131 Å². The van der Waals surface area contributed by atoms with Crippen LogP contribution in [0.2, 0.25) is 0 Å². The molecular weight excluding hydrogens is 392 g/mol. The lowest BCUT2D eigenvalue weighted by Gasteiger charge is -2.65. The molecule has 0 heterocycles. The molecule has 2 heteroatoms. The first-order valence-corrected chi connectivity index (χ1v) is 14.4. The Kier molecular flexibility index (Phi) is 6.92. The van der Waals surface area contributed by atoms with Crippen molar-refractivity contribution in [2.45, 2.75) is 143 Å². The van der Waals surface area contributed by atoms with Crippen molar-refractivity contribution in [3.8, 4) is 0 Å². The van der Waals surface area contributed by atoms with Crippen molar-refractivity contribution in [2.24, 2.45) is 46.3 Å². The highest BCUT2D eigenvalue weighted by atomic mass is 16.3. The summed E-state index contributed by atoms with van der Waals surface area (Å²) in [5.41, 5.74) is 0.121. The minimum Gasteiger partial charge on any atom is -0.390 e. The largest absolute Gasteiger partial charge is 0.390 e. The maximum Gasteiger partial charge on any atom is 0.0648 e. The summed E-state index contributed by atoms with van der Waals surface area (Å²) < 4.78 is 0. The Bertz CT molecular complexity index is 652. The summed E-state index contributed by atoms with van der Waals surface area (Å²) in [6.45, 7) is 13.8. The van der Waals surface area contributed by atoms with Gasteiger partial charge in [0.2, 0.25) is 0 Å². The van der Waals surface area contributed by atoms with Gasteiger partial charge in [-0.05, 0) is 131 Å². The maximum atomic E-state index is 11.3. The normalized spacial score (nSPS) is 47.4. The van der Waals surface area contributed by atoms with Crippen LogP contribution in [0.3, 0.4) is 0 Å². The molecule has 4 fully saturated rings. The van der Waals surface area contributed by atoms with Gasteiger partial charge in [0.05, 0.1) is 11.2 Å². The average molecular weight is 447 g/mol. The van der Waals surface area contributed by atoms with Crippen LogP contribution >= 0.6 is 0 Å². The van der Waals surface area contributed by atoms with Crippen molar-refractivity contribution in [3.63, 3.8) is 0 Å². The lowest BCUT2D eigenvalue weighted by molar-refractivity contribution is -0.183. The molecule has 0 radical (unpaired) electrons. The predicted molar refractivity (Wildman–Crippen MR) is 134 cm³/mol. The van der Waals surface area contributed by atoms with Gasteiger partial charge in [0.25, 0.3) is 0 Å². The fourth-order valence-electron chi connectivity index (χ4n) is 9.91.